The second-order valence-electron chi connectivity index (χ2n) is 5.08. The second kappa shape index (κ2) is 8.03. The summed E-state index contributed by atoms with van der Waals surface area (Å²) in [5, 5.41) is 2.93. The number of methoxy groups -OCH3 is 2. The van der Waals surface area contributed by atoms with E-state index in [1.165, 1.54) is 6.08 Å². The van der Waals surface area contributed by atoms with Crippen molar-refractivity contribution in [2.24, 2.45) is 0 Å². The van der Waals surface area contributed by atoms with E-state index < -0.39 is 0 Å². The van der Waals surface area contributed by atoms with Gasteiger partial charge in [-0.25, -0.2) is 0 Å². The molecule has 4 heteroatoms. The Kier molecular flexibility index (Phi) is 5.80. The fourth-order valence-corrected chi connectivity index (χ4v) is 2.21. The number of carbonyl (C=O) groups is 1. The van der Waals surface area contributed by atoms with Gasteiger partial charge in [-0.3, -0.25) is 4.79 Å². The van der Waals surface area contributed by atoms with Gasteiger partial charge in [-0.2, -0.15) is 0 Å². The van der Waals surface area contributed by atoms with Crippen LogP contribution in [0.15, 0.2) is 54.6 Å². The summed E-state index contributed by atoms with van der Waals surface area (Å²) in [7, 11) is 3.24. The first-order valence-corrected chi connectivity index (χ1v) is 7.39. The average Bonchev–Trinajstić information content (AvgIpc) is 2.60. The highest BCUT2D eigenvalue weighted by Crippen LogP contribution is 2.19. The molecule has 2 aromatic carbocycles. The van der Waals surface area contributed by atoms with E-state index in [1.54, 1.807) is 20.3 Å². The fourth-order valence-electron chi connectivity index (χ4n) is 2.21. The molecule has 120 valence electrons. The molecule has 0 radical (unpaired) electrons. The van der Waals surface area contributed by atoms with Gasteiger partial charge in [0.05, 0.1) is 20.3 Å². The lowest BCUT2D eigenvalue weighted by molar-refractivity contribution is -0.117. The van der Waals surface area contributed by atoms with Crippen LogP contribution in [-0.4, -0.2) is 20.1 Å². The third-order valence-electron chi connectivity index (χ3n) is 3.53. The largest absolute Gasteiger partial charge is 0.497 e. The Labute approximate surface area is 136 Å². The van der Waals surface area contributed by atoms with E-state index >= 15 is 0 Å². The van der Waals surface area contributed by atoms with Gasteiger partial charge in [0.2, 0.25) is 5.91 Å². The normalized spacial score (nSPS) is 12.0. The Hall–Kier alpha value is -2.75. The Morgan fingerprint density at radius 2 is 1.74 bits per heavy atom. The summed E-state index contributed by atoms with van der Waals surface area (Å²) >= 11 is 0. The predicted molar refractivity (Wildman–Crippen MR) is 91.6 cm³/mol. The van der Waals surface area contributed by atoms with Crippen molar-refractivity contribution in [2.45, 2.75) is 13.0 Å². The van der Waals surface area contributed by atoms with Crippen molar-refractivity contribution in [1.82, 2.24) is 5.32 Å². The van der Waals surface area contributed by atoms with Gasteiger partial charge < -0.3 is 14.8 Å². The van der Waals surface area contributed by atoms with Crippen molar-refractivity contribution < 1.29 is 14.3 Å². The van der Waals surface area contributed by atoms with Gasteiger partial charge in [-0.05, 0) is 36.8 Å². The Morgan fingerprint density at radius 3 is 2.39 bits per heavy atom. The third-order valence-corrected chi connectivity index (χ3v) is 3.53. The number of rotatable bonds is 6. The zero-order valence-corrected chi connectivity index (χ0v) is 13.6. The molecule has 0 aromatic heterocycles. The Balaban J connectivity index is 1.99. The molecule has 0 bridgehead atoms. The molecule has 0 heterocycles. The molecule has 0 aliphatic carbocycles. The third kappa shape index (κ3) is 4.61. The summed E-state index contributed by atoms with van der Waals surface area (Å²) < 4.78 is 10.4. The van der Waals surface area contributed by atoms with Gasteiger partial charge in [0, 0.05) is 11.6 Å². The molecule has 0 aliphatic heterocycles. The molecule has 0 aliphatic rings. The number of hydrogen-bond acceptors (Lipinski definition) is 3. The van der Waals surface area contributed by atoms with E-state index in [0.717, 1.165) is 22.6 Å². The maximum absolute atomic E-state index is 12.1. The minimum Gasteiger partial charge on any atom is -0.497 e. The minimum absolute atomic E-state index is 0.0873. The van der Waals surface area contributed by atoms with Crippen LogP contribution in [0.25, 0.3) is 6.08 Å². The lowest BCUT2D eigenvalue weighted by Gasteiger charge is -2.13. The first kappa shape index (κ1) is 16.6. The average molecular weight is 311 g/mol. The van der Waals surface area contributed by atoms with Crippen molar-refractivity contribution in [2.75, 3.05) is 14.2 Å². The highest BCUT2D eigenvalue weighted by molar-refractivity contribution is 5.92. The molecule has 1 N–H and O–H groups in total. The molecular weight excluding hydrogens is 290 g/mol. The van der Waals surface area contributed by atoms with Gasteiger partial charge in [0.15, 0.2) is 0 Å². The molecule has 23 heavy (non-hydrogen) atoms. The molecule has 1 unspecified atom stereocenters. The smallest absolute Gasteiger partial charge is 0.244 e. The van der Waals surface area contributed by atoms with Crippen LogP contribution in [0.2, 0.25) is 0 Å². The van der Waals surface area contributed by atoms with Crippen LogP contribution in [0, 0.1) is 0 Å². The number of para-hydroxylation sites is 1. The zero-order chi connectivity index (χ0) is 16.7. The van der Waals surface area contributed by atoms with Crippen LogP contribution in [0.5, 0.6) is 11.5 Å². The molecular formula is C19H21NO3. The van der Waals surface area contributed by atoms with Crippen LogP contribution < -0.4 is 14.8 Å². The lowest BCUT2D eigenvalue weighted by Crippen LogP contribution is -2.24. The monoisotopic (exact) mass is 311 g/mol. The lowest BCUT2D eigenvalue weighted by atomic mass is 10.1. The summed E-state index contributed by atoms with van der Waals surface area (Å²) in [6, 6.07) is 15.1. The van der Waals surface area contributed by atoms with Gasteiger partial charge in [0.1, 0.15) is 11.5 Å². The number of amides is 1. The first-order chi connectivity index (χ1) is 11.1. The van der Waals surface area contributed by atoms with Crippen molar-refractivity contribution >= 4 is 12.0 Å². The van der Waals surface area contributed by atoms with Crippen LogP contribution >= 0.6 is 0 Å². The molecule has 2 rings (SSSR count). The SMILES string of the molecule is COc1ccc(C(C)NC(=O)/C=C/c2ccccc2OC)cc1. The van der Waals surface area contributed by atoms with Gasteiger partial charge in [0.25, 0.3) is 0 Å². The van der Waals surface area contributed by atoms with Crippen LogP contribution in [0.1, 0.15) is 24.1 Å². The van der Waals surface area contributed by atoms with E-state index in [9.17, 15) is 4.79 Å². The molecule has 1 atom stereocenters. The summed E-state index contributed by atoms with van der Waals surface area (Å²) in [4.78, 5) is 12.1. The molecule has 4 nitrogen and oxygen atoms in total. The Morgan fingerprint density at radius 1 is 1.04 bits per heavy atom. The predicted octanol–water partition coefficient (Wildman–Crippen LogP) is 3.59. The molecule has 1 amide bonds. The van der Waals surface area contributed by atoms with E-state index in [2.05, 4.69) is 5.32 Å². The highest BCUT2D eigenvalue weighted by atomic mass is 16.5. The number of carbonyl (C=O) groups excluding carboxylic acids is 1. The first-order valence-electron chi connectivity index (χ1n) is 7.39. The van der Waals surface area contributed by atoms with E-state index in [1.807, 2.05) is 55.5 Å². The van der Waals surface area contributed by atoms with Crippen LogP contribution in [0.4, 0.5) is 0 Å². The second-order valence-corrected chi connectivity index (χ2v) is 5.08. The standard InChI is InChI=1S/C19H21NO3/c1-14(15-8-11-17(22-2)12-9-15)20-19(21)13-10-16-6-4-5-7-18(16)23-3/h4-14H,1-3H3,(H,20,21)/b13-10+. The number of ether oxygens (including phenoxy) is 2. The number of hydrogen-bond donors (Lipinski definition) is 1. The molecule has 2 aromatic rings. The zero-order valence-electron chi connectivity index (χ0n) is 13.6. The van der Waals surface area contributed by atoms with Crippen LogP contribution in [-0.2, 0) is 4.79 Å². The maximum atomic E-state index is 12.1. The number of benzene rings is 2. The van der Waals surface area contributed by atoms with Crippen molar-refractivity contribution in [1.29, 1.82) is 0 Å². The molecule has 0 fully saturated rings. The molecule has 0 spiro atoms. The summed E-state index contributed by atoms with van der Waals surface area (Å²) in [5.41, 5.74) is 1.88. The van der Waals surface area contributed by atoms with E-state index in [4.69, 9.17) is 9.47 Å². The topological polar surface area (TPSA) is 47.6 Å². The van der Waals surface area contributed by atoms with Crippen molar-refractivity contribution in [3.05, 3.63) is 65.7 Å². The van der Waals surface area contributed by atoms with Crippen LogP contribution in [0.3, 0.4) is 0 Å². The minimum atomic E-state index is -0.153. The fraction of sp³-hybridized carbons (Fsp3) is 0.211. The van der Waals surface area contributed by atoms with Gasteiger partial charge >= 0.3 is 0 Å². The molecule has 0 saturated heterocycles. The summed E-state index contributed by atoms with van der Waals surface area (Å²) in [6.45, 7) is 1.94. The van der Waals surface area contributed by atoms with E-state index in [0.29, 0.717) is 0 Å². The van der Waals surface area contributed by atoms with Gasteiger partial charge in [-0.15, -0.1) is 0 Å². The highest BCUT2D eigenvalue weighted by Gasteiger charge is 2.08. The van der Waals surface area contributed by atoms with Gasteiger partial charge in [-0.1, -0.05) is 30.3 Å². The van der Waals surface area contributed by atoms with Crippen molar-refractivity contribution in [3.8, 4) is 11.5 Å². The Bertz CT molecular complexity index is 677. The number of nitrogens with one attached hydrogen (secondary N) is 1. The quantitative estimate of drug-likeness (QED) is 0.829. The van der Waals surface area contributed by atoms with Crippen molar-refractivity contribution in [3.63, 3.8) is 0 Å². The molecule has 0 saturated carbocycles. The summed E-state index contributed by atoms with van der Waals surface area (Å²) in [6.07, 6.45) is 3.26. The summed E-state index contributed by atoms with van der Waals surface area (Å²) in [5.74, 6) is 1.38. The van der Waals surface area contributed by atoms with E-state index in [-0.39, 0.29) is 11.9 Å². The maximum Gasteiger partial charge on any atom is 0.244 e.